The van der Waals surface area contributed by atoms with Gasteiger partial charge >= 0.3 is 0 Å². The number of benzene rings is 1. The molecule has 108 valence electrons. The lowest BCUT2D eigenvalue weighted by Gasteiger charge is -2.17. The molecule has 0 amide bonds. The summed E-state index contributed by atoms with van der Waals surface area (Å²) in [7, 11) is -3.42. The van der Waals surface area contributed by atoms with Gasteiger partial charge in [0.25, 0.3) is 0 Å². The van der Waals surface area contributed by atoms with Gasteiger partial charge in [-0.2, -0.15) is 0 Å². The molecule has 7 heteroatoms. The topological polar surface area (TPSA) is 58.2 Å². The SMILES string of the molecule is CC(C)NCC(C)S(=O)(=O)Nc1ccc(Cl)c(Br)c1. The van der Waals surface area contributed by atoms with Gasteiger partial charge in [0, 0.05) is 22.7 Å². The standard InChI is InChI=1S/C12H18BrClN2O2S/c1-8(2)15-7-9(3)19(17,18)16-10-4-5-12(14)11(13)6-10/h4-6,8-9,15-16H,7H2,1-3H3. The molecule has 0 heterocycles. The van der Waals surface area contributed by atoms with E-state index in [4.69, 9.17) is 11.6 Å². The van der Waals surface area contributed by atoms with Crippen molar-refractivity contribution in [1.29, 1.82) is 0 Å². The molecular formula is C12H18BrClN2O2S. The van der Waals surface area contributed by atoms with Gasteiger partial charge in [0.05, 0.1) is 10.3 Å². The Bertz CT molecular complexity index is 535. The maximum Gasteiger partial charge on any atom is 0.236 e. The maximum absolute atomic E-state index is 12.1. The van der Waals surface area contributed by atoms with Crippen LogP contribution >= 0.6 is 27.5 Å². The van der Waals surface area contributed by atoms with E-state index < -0.39 is 15.3 Å². The van der Waals surface area contributed by atoms with Gasteiger partial charge in [-0.15, -0.1) is 0 Å². The number of hydrogen-bond acceptors (Lipinski definition) is 3. The van der Waals surface area contributed by atoms with Crippen molar-refractivity contribution in [2.24, 2.45) is 0 Å². The van der Waals surface area contributed by atoms with Crippen LogP contribution < -0.4 is 10.0 Å². The minimum absolute atomic E-state index is 0.252. The molecule has 0 aromatic heterocycles. The molecule has 0 saturated heterocycles. The Labute approximate surface area is 128 Å². The quantitative estimate of drug-likeness (QED) is 0.809. The average molecular weight is 370 g/mol. The summed E-state index contributed by atoms with van der Waals surface area (Å²) in [5.41, 5.74) is 0.493. The molecule has 0 spiro atoms. The first-order valence-electron chi connectivity index (χ1n) is 5.92. The van der Waals surface area contributed by atoms with Crippen molar-refractivity contribution in [3.05, 3.63) is 27.7 Å². The van der Waals surface area contributed by atoms with Crippen LogP contribution in [0.25, 0.3) is 0 Å². The number of sulfonamides is 1. The summed E-state index contributed by atoms with van der Waals surface area (Å²) in [4.78, 5) is 0. The average Bonchev–Trinajstić information content (AvgIpc) is 2.30. The molecule has 2 N–H and O–H groups in total. The summed E-state index contributed by atoms with van der Waals surface area (Å²) in [6.07, 6.45) is 0. The zero-order chi connectivity index (χ0) is 14.6. The number of nitrogens with one attached hydrogen (secondary N) is 2. The van der Waals surface area contributed by atoms with Crippen LogP contribution in [0.3, 0.4) is 0 Å². The van der Waals surface area contributed by atoms with E-state index in [2.05, 4.69) is 26.0 Å². The van der Waals surface area contributed by atoms with Gasteiger partial charge in [-0.25, -0.2) is 8.42 Å². The van der Waals surface area contributed by atoms with Crippen LogP contribution in [-0.4, -0.2) is 26.3 Å². The molecule has 0 saturated carbocycles. The van der Waals surface area contributed by atoms with Crippen LogP contribution in [0.4, 0.5) is 5.69 Å². The Morgan fingerprint density at radius 2 is 1.95 bits per heavy atom. The van der Waals surface area contributed by atoms with E-state index in [1.165, 1.54) is 0 Å². The van der Waals surface area contributed by atoms with E-state index in [-0.39, 0.29) is 6.04 Å². The lowest BCUT2D eigenvalue weighted by molar-refractivity contribution is 0.553. The van der Waals surface area contributed by atoms with Crippen LogP contribution in [0.2, 0.25) is 5.02 Å². The van der Waals surface area contributed by atoms with Crippen molar-refractivity contribution >= 4 is 43.2 Å². The highest BCUT2D eigenvalue weighted by Crippen LogP contribution is 2.26. The summed E-state index contributed by atoms with van der Waals surface area (Å²) < 4.78 is 27.4. The molecule has 0 aliphatic heterocycles. The first-order valence-corrected chi connectivity index (χ1v) is 8.64. The summed E-state index contributed by atoms with van der Waals surface area (Å²) in [5, 5.41) is 3.12. The van der Waals surface area contributed by atoms with Crippen LogP contribution in [0.5, 0.6) is 0 Å². The van der Waals surface area contributed by atoms with Gasteiger partial charge in [-0.1, -0.05) is 25.4 Å². The number of hydrogen-bond donors (Lipinski definition) is 2. The molecule has 1 aromatic rings. The molecule has 1 rings (SSSR count). The zero-order valence-electron chi connectivity index (χ0n) is 11.1. The van der Waals surface area contributed by atoms with E-state index in [0.717, 1.165) is 0 Å². The highest BCUT2D eigenvalue weighted by atomic mass is 79.9. The smallest absolute Gasteiger partial charge is 0.236 e. The third-order valence-electron chi connectivity index (χ3n) is 2.52. The van der Waals surface area contributed by atoms with Gasteiger partial charge in [-0.3, -0.25) is 4.72 Å². The van der Waals surface area contributed by atoms with E-state index in [9.17, 15) is 8.42 Å². The second-order valence-corrected chi connectivity index (χ2v) is 8.01. The van der Waals surface area contributed by atoms with E-state index in [1.807, 2.05) is 13.8 Å². The van der Waals surface area contributed by atoms with Crippen molar-refractivity contribution < 1.29 is 8.42 Å². The third kappa shape index (κ3) is 5.30. The lowest BCUT2D eigenvalue weighted by atomic mass is 10.3. The maximum atomic E-state index is 12.1. The Kier molecular flexibility index (Phi) is 6.11. The van der Waals surface area contributed by atoms with E-state index in [1.54, 1.807) is 25.1 Å². The fourth-order valence-electron chi connectivity index (χ4n) is 1.34. The number of rotatable bonds is 6. The van der Waals surface area contributed by atoms with E-state index >= 15 is 0 Å². The molecule has 0 aliphatic rings. The van der Waals surface area contributed by atoms with Crippen molar-refractivity contribution in [1.82, 2.24) is 5.32 Å². The largest absolute Gasteiger partial charge is 0.313 e. The van der Waals surface area contributed by atoms with Crippen LogP contribution in [-0.2, 0) is 10.0 Å². The van der Waals surface area contributed by atoms with Gasteiger partial charge in [0.2, 0.25) is 10.0 Å². The molecule has 0 aliphatic carbocycles. The van der Waals surface area contributed by atoms with Crippen LogP contribution in [0, 0.1) is 0 Å². The molecule has 0 radical (unpaired) electrons. The molecule has 1 aromatic carbocycles. The van der Waals surface area contributed by atoms with Crippen LogP contribution in [0.1, 0.15) is 20.8 Å². The summed E-state index contributed by atoms with van der Waals surface area (Å²) >= 11 is 9.13. The third-order valence-corrected chi connectivity index (χ3v) is 5.48. The Balaban J connectivity index is 2.75. The molecule has 4 nitrogen and oxygen atoms in total. The minimum atomic E-state index is -3.42. The molecular weight excluding hydrogens is 352 g/mol. The molecule has 0 bridgehead atoms. The normalized spacial score (nSPS) is 13.6. The number of anilines is 1. The molecule has 19 heavy (non-hydrogen) atoms. The zero-order valence-corrected chi connectivity index (χ0v) is 14.2. The molecule has 1 unspecified atom stereocenters. The van der Waals surface area contributed by atoms with Crippen LogP contribution in [0.15, 0.2) is 22.7 Å². The van der Waals surface area contributed by atoms with Crippen molar-refractivity contribution in [2.45, 2.75) is 32.1 Å². The first kappa shape index (κ1) is 16.8. The predicted octanol–water partition coefficient (Wildman–Crippen LogP) is 3.23. The monoisotopic (exact) mass is 368 g/mol. The Hall–Kier alpha value is -0.300. The predicted molar refractivity (Wildman–Crippen MR) is 84.3 cm³/mol. The molecule has 0 fully saturated rings. The Morgan fingerprint density at radius 1 is 1.32 bits per heavy atom. The van der Waals surface area contributed by atoms with E-state index in [0.29, 0.717) is 21.7 Å². The Morgan fingerprint density at radius 3 is 2.47 bits per heavy atom. The van der Waals surface area contributed by atoms with Crippen molar-refractivity contribution in [2.75, 3.05) is 11.3 Å². The van der Waals surface area contributed by atoms with Gasteiger partial charge < -0.3 is 5.32 Å². The van der Waals surface area contributed by atoms with Gasteiger partial charge in [-0.05, 0) is 41.1 Å². The first-order chi connectivity index (χ1) is 8.72. The van der Waals surface area contributed by atoms with Gasteiger partial charge in [0.1, 0.15) is 0 Å². The molecule has 1 atom stereocenters. The number of halogens is 2. The minimum Gasteiger partial charge on any atom is -0.313 e. The fourth-order valence-corrected chi connectivity index (χ4v) is 2.80. The second-order valence-electron chi connectivity index (χ2n) is 4.65. The van der Waals surface area contributed by atoms with Crippen molar-refractivity contribution in [3.8, 4) is 0 Å². The van der Waals surface area contributed by atoms with Crippen molar-refractivity contribution in [3.63, 3.8) is 0 Å². The van der Waals surface area contributed by atoms with Gasteiger partial charge in [0.15, 0.2) is 0 Å². The lowest BCUT2D eigenvalue weighted by Crippen LogP contribution is -2.37. The fraction of sp³-hybridized carbons (Fsp3) is 0.500. The highest BCUT2D eigenvalue weighted by molar-refractivity contribution is 9.10. The summed E-state index contributed by atoms with van der Waals surface area (Å²) in [5.74, 6) is 0. The second kappa shape index (κ2) is 6.92. The summed E-state index contributed by atoms with van der Waals surface area (Å²) in [6.45, 7) is 6.02. The highest BCUT2D eigenvalue weighted by Gasteiger charge is 2.20. The summed E-state index contributed by atoms with van der Waals surface area (Å²) in [6, 6.07) is 5.17.